The number of carbonyl (C=O) groups excluding carboxylic acids is 2. The summed E-state index contributed by atoms with van der Waals surface area (Å²) >= 11 is 0. The zero-order valence-electron chi connectivity index (χ0n) is 30.2. The fraction of sp³-hybridized carbons (Fsp3) is 0.350. The molecule has 0 saturated carbocycles. The Balaban J connectivity index is 0.000000244. The second kappa shape index (κ2) is 22.4. The molecule has 2 N–H and O–H groups in total. The van der Waals surface area contributed by atoms with Gasteiger partial charge in [0.15, 0.2) is 23.0 Å². The van der Waals surface area contributed by atoms with E-state index in [2.05, 4.69) is 20.8 Å². The number of hydrogen-bond donors (Lipinski definition) is 2. The largest absolute Gasteiger partial charge is 0.491 e. The van der Waals surface area contributed by atoms with Gasteiger partial charge in [0.1, 0.15) is 50.1 Å². The van der Waals surface area contributed by atoms with Crippen LogP contribution in [0.15, 0.2) is 97.1 Å². The molecule has 0 saturated heterocycles. The van der Waals surface area contributed by atoms with Crippen LogP contribution in [0.1, 0.15) is 55.3 Å². The lowest BCUT2D eigenvalue weighted by atomic mass is 10.2. The van der Waals surface area contributed by atoms with E-state index in [1.54, 1.807) is 60.7 Å². The molecular formula is C40H48O12. The minimum Gasteiger partial charge on any atom is -0.491 e. The first-order chi connectivity index (χ1) is 25.2. The molecule has 2 unspecified atom stereocenters. The minimum atomic E-state index is -0.909. The third-order valence-electron chi connectivity index (χ3n) is 6.40. The number of esters is 2. The summed E-state index contributed by atoms with van der Waals surface area (Å²) in [5.74, 6) is 3.25. The SMILES string of the molecule is CC.CC(C)C.O=C(OCC(O)COc1ccccc1)c1ccc2c(c1)OCO2.O=C(OCC(O)COc1ccccc1)c1ccc2c(c1)OCO2. The molecule has 2 aliphatic heterocycles. The Labute approximate surface area is 304 Å². The molecule has 12 heteroatoms. The lowest BCUT2D eigenvalue weighted by Gasteiger charge is -2.13. The van der Waals surface area contributed by atoms with E-state index in [0.717, 1.165) is 5.92 Å². The Bertz CT molecular complexity index is 1510. The van der Waals surface area contributed by atoms with Crippen molar-refractivity contribution in [3.05, 3.63) is 108 Å². The molecule has 2 atom stereocenters. The van der Waals surface area contributed by atoms with Crippen LogP contribution in [0.25, 0.3) is 0 Å². The zero-order chi connectivity index (χ0) is 37.7. The van der Waals surface area contributed by atoms with Crippen LogP contribution >= 0.6 is 0 Å². The molecule has 0 spiro atoms. The number of ether oxygens (including phenoxy) is 8. The summed E-state index contributed by atoms with van der Waals surface area (Å²) in [7, 11) is 0. The molecule has 0 bridgehead atoms. The van der Waals surface area contributed by atoms with E-state index < -0.39 is 24.1 Å². The molecule has 52 heavy (non-hydrogen) atoms. The molecule has 0 amide bonds. The van der Waals surface area contributed by atoms with Gasteiger partial charge in [-0.05, 0) is 66.6 Å². The number of carbonyl (C=O) groups is 2. The molecule has 2 aliphatic rings. The number of rotatable bonds is 12. The minimum absolute atomic E-state index is 0.0401. The van der Waals surface area contributed by atoms with Crippen molar-refractivity contribution in [1.29, 1.82) is 0 Å². The van der Waals surface area contributed by atoms with Gasteiger partial charge in [0, 0.05) is 0 Å². The quantitative estimate of drug-likeness (QED) is 0.150. The first-order valence-electron chi connectivity index (χ1n) is 17.0. The van der Waals surface area contributed by atoms with Gasteiger partial charge < -0.3 is 48.1 Å². The topological polar surface area (TPSA) is 148 Å². The molecule has 4 aromatic rings. The molecule has 2 heterocycles. The van der Waals surface area contributed by atoms with Crippen molar-refractivity contribution in [3.63, 3.8) is 0 Å². The van der Waals surface area contributed by atoms with E-state index in [0.29, 0.717) is 45.6 Å². The highest BCUT2D eigenvalue weighted by molar-refractivity contribution is 5.90. The first-order valence-corrected chi connectivity index (χ1v) is 17.0. The highest BCUT2D eigenvalue weighted by Crippen LogP contribution is 2.33. The predicted molar refractivity (Wildman–Crippen MR) is 193 cm³/mol. The average molecular weight is 721 g/mol. The van der Waals surface area contributed by atoms with Crippen molar-refractivity contribution in [1.82, 2.24) is 0 Å². The highest BCUT2D eigenvalue weighted by Gasteiger charge is 2.19. The van der Waals surface area contributed by atoms with Crippen LogP contribution in [-0.4, -0.2) is 74.4 Å². The predicted octanol–water partition coefficient (Wildman–Crippen LogP) is 6.71. The van der Waals surface area contributed by atoms with Crippen molar-refractivity contribution in [3.8, 4) is 34.5 Å². The van der Waals surface area contributed by atoms with Crippen LogP contribution < -0.4 is 28.4 Å². The van der Waals surface area contributed by atoms with Gasteiger partial charge in [-0.3, -0.25) is 0 Å². The molecule has 6 rings (SSSR count). The molecule has 280 valence electrons. The molecule has 0 aliphatic carbocycles. The Morgan fingerprint density at radius 1 is 0.558 bits per heavy atom. The number of aliphatic hydroxyl groups is 2. The van der Waals surface area contributed by atoms with Crippen LogP contribution in [0.3, 0.4) is 0 Å². The first kappa shape index (κ1) is 41.0. The maximum atomic E-state index is 12.0. The van der Waals surface area contributed by atoms with E-state index in [4.69, 9.17) is 37.9 Å². The van der Waals surface area contributed by atoms with Gasteiger partial charge >= 0.3 is 11.9 Å². The average Bonchev–Trinajstić information content (AvgIpc) is 3.85. The third kappa shape index (κ3) is 14.4. The number of fused-ring (bicyclic) bond motifs is 2. The number of aliphatic hydroxyl groups excluding tert-OH is 2. The van der Waals surface area contributed by atoms with Crippen molar-refractivity contribution < 1.29 is 57.7 Å². The van der Waals surface area contributed by atoms with Crippen LogP contribution in [0.4, 0.5) is 0 Å². The Morgan fingerprint density at radius 3 is 1.27 bits per heavy atom. The van der Waals surface area contributed by atoms with Gasteiger partial charge in [0.05, 0.1) is 11.1 Å². The van der Waals surface area contributed by atoms with Crippen LogP contribution in [0, 0.1) is 5.92 Å². The second-order valence-electron chi connectivity index (χ2n) is 11.6. The molecule has 0 aromatic heterocycles. The summed E-state index contributed by atoms with van der Waals surface area (Å²) in [5.41, 5.74) is 0.677. The standard InChI is InChI=1S/2C17H16O6.C4H10.C2H6/c2*18-13(9-20-14-4-2-1-3-5-14)10-21-17(19)12-6-7-15-16(8-12)23-11-22-15;1-4(2)3;1-2/h2*1-8,13,18H,9-11H2;4H,1-3H3;1-2H3. The highest BCUT2D eigenvalue weighted by atomic mass is 16.7. The van der Waals surface area contributed by atoms with Crippen LogP contribution in [-0.2, 0) is 9.47 Å². The third-order valence-corrected chi connectivity index (χ3v) is 6.40. The van der Waals surface area contributed by atoms with Gasteiger partial charge in [-0.25, -0.2) is 9.59 Å². The normalized spacial score (nSPS) is 12.7. The van der Waals surface area contributed by atoms with Crippen LogP contribution in [0.2, 0.25) is 0 Å². The Hall–Kier alpha value is -5.46. The fourth-order valence-electron chi connectivity index (χ4n) is 4.07. The van der Waals surface area contributed by atoms with E-state index in [-0.39, 0.29) is 40.0 Å². The molecule has 0 fully saturated rings. The van der Waals surface area contributed by atoms with E-state index >= 15 is 0 Å². The summed E-state index contributed by atoms with van der Waals surface area (Å²) in [4.78, 5) is 23.9. The van der Waals surface area contributed by atoms with Crippen molar-refractivity contribution >= 4 is 11.9 Å². The summed E-state index contributed by atoms with van der Waals surface area (Å²) in [6.45, 7) is 10.6. The van der Waals surface area contributed by atoms with Gasteiger partial charge in [-0.15, -0.1) is 0 Å². The maximum absolute atomic E-state index is 12.0. The van der Waals surface area contributed by atoms with E-state index in [1.165, 1.54) is 0 Å². The van der Waals surface area contributed by atoms with Crippen molar-refractivity contribution in [2.24, 2.45) is 5.92 Å². The van der Waals surface area contributed by atoms with Crippen molar-refractivity contribution in [2.75, 3.05) is 40.0 Å². The summed E-state index contributed by atoms with van der Waals surface area (Å²) < 4.78 is 41.7. The molecule has 4 aromatic carbocycles. The lowest BCUT2D eigenvalue weighted by molar-refractivity contribution is 0.0127. The Kier molecular flexibility index (Phi) is 17.6. The molecule has 12 nitrogen and oxygen atoms in total. The zero-order valence-corrected chi connectivity index (χ0v) is 30.2. The van der Waals surface area contributed by atoms with E-state index in [1.807, 2.05) is 50.2 Å². The summed E-state index contributed by atoms with van der Waals surface area (Å²) in [5, 5.41) is 19.6. The van der Waals surface area contributed by atoms with Gasteiger partial charge in [0.25, 0.3) is 0 Å². The van der Waals surface area contributed by atoms with E-state index in [9.17, 15) is 19.8 Å². The summed E-state index contributed by atoms with van der Waals surface area (Å²) in [6, 6.07) is 27.8. The van der Waals surface area contributed by atoms with Crippen molar-refractivity contribution in [2.45, 2.75) is 46.8 Å². The number of hydrogen-bond acceptors (Lipinski definition) is 12. The number of benzene rings is 4. The van der Waals surface area contributed by atoms with Gasteiger partial charge in [-0.1, -0.05) is 71.0 Å². The smallest absolute Gasteiger partial charge is 0.338 e. The van der Waals surface area contributed by atoms with Gasteiger partial charge in [-0.2, -0.15) is 0 Å². The molecule has 0 radical (unpaired) electrons. The number of para-hydroxylation sites is 2. The second-order valence-corrected chi connectivity index (χ2v) is 11.6. The fourth-order valence-corrected chi connectivity index (χ4v) is 4.07. The van der Waals surface area contributed by atoms with Crippen LogP contribution in [0.5, 0.6) is 34.5 Å². The molecular weight excluding hydrogens is 672 g/mol. The Morgan fingerprint density at radius 2 is 0.904 bits per heavy atom. The maximum Gasteiger partial charge on any atom is 0.338 e. The lowest BCUT2D eigenvalue weighted by Crippen LogP contribution is -2.25. The summed E-state index contributed by atoms with van der Waals surface area (Å²) in [6.07, 6.45) is -1.82. The monoisotopic (exact) mass is 720 g/mol. The van der Waals surface area contributed by atoms with Gasteiger partial charge in [0.2, 0.25) is 13.6 Å².